The molecule has 0 spiro atoms. The van der Waals surface area contributed by atoms with Gasteiger partial charge in [0.2, 0.25) is 0 Å². The Morgan fingerprint density at radius 3 is 2.95 bits per heavy atom. The van der Waals surface area contributed by atoms with Crippen molar-refractivity contribution in [3.8, 4) is 0 Å². The Kier molecular flexibility index (Phi) is 5.36. The van der Waals surface area contributed by atoms with E-state index < -0.39 is 11.9 Å². The fourth-order valence-electron chi connectivity index (χ4n) is 2.92. The standard InChI is InChI=1S/C15H25N3O3/c1-4-5-17(14-9-21-8-13(14)15(19)20)7-12-6-16-10-18(12)11(2)3/h6,10-11,13-14H,4-5,7-9H2,1-3H3,(H,19,20). The number of rotatable bonds is 7. The Bertz CT molecular complexity index is 472. The average molecular weight is 295 g/mol. The number of imidazole rings is 1. The third-order valence-electron chi connectivity index (χ3n) is 4.02. The Labute approximate surface area is 125 Å². The van der Waals surface area contributed by atoms with Crippen molar-refractivity contribution in [1.29, 1.82) is 0 Å². The van der Waals surface area contributed by atoms with E-state index >= 15 is 0 Å². The maximum absolute atomic E-state index is 11.4. The molecule has 2 unspecified atom stereocenters. The highest BCUT2D eigenvalue weighted by Gasteiger charge is 2.37. The first-order valence-electron chi connectivity index (χ1n) is 7.59. The molecule has 1 aliphatic rings. The first-order valence-corrected chi connectivity index (χ1v) is 7.59. The molecule has 2 heterocycles. The second-order valence-corrected chi connectivity index (χ2v) is 5.91. The molecule has 1 aliphatic heterocycles. The van der Waals surface area contributed by atoms with Crippen LogP contribution in [0.3, 0.4) is 0 Å². The first-order chi connectivity index (χ1) is 10.0. The summed E-state index contributed by atoms with van der Waals surface area (Å²) in [6.07, 6.45) is 4.69. The molecule has 0 aliphatic carbocycles. The lowest BCUT2D eigenvalue weighted by Crippen LogP contribution is -2.43. The van der Waals surface area contributed by atoms with Crippen molar-refractivity contribution in [3.05, 3.63) is 18.2 Å². The third-order valence-corrected chi connectivity index (χ3v) is 4.02. The molecular formula is C15H25N3O3. The fourth-order valence-corrected chi connectivity index (χ4v) is 2.92. The van der Waals surface area contributed by atoms with Crippen LogP contribution in [-0.2, 0) is 16.1 Å². The molecule has 0 radical (unpaired) electrons. The highest BCUT2D eigenvalue weighted by Crippen LogP contribution is 2.23. The molecule has 21 heavy (non-hydrogen) atoms. The molecule has 1 saturated heterocycles. The predicted octanol–water partition coefficient (Wildman–Crippen LogP) is 1.78. The van der Waals surface area contributed by atoms with Crippen LogP contribution in [0.1, 0.15) is 38.9 Å². The summed E-state index contributed by atoms with van der Waals surface area (Å²) in [5.41, 5.74) is 1.12. The lowest BCUT2D eigenvalue weighted by molar-refractivity contribution is -0.143. The maximum atomic E-state index is 11.4. The zero-order valence-corrected chi connectivity index (χ0v) is 13.0. The largest absolute Gasteiger partial charge is 0.481 e. The molecule has 1 aromatic heterocycles. The summed E-state index contributed by atoms with van der Waals surface area (Å²) in [6.45, 7) is 8.72. The van der Waals surface area contributed by atoms with Crippen LogP contribution in [0, 0.1) is 5.92 Å². The van der Waals surface area contributed by atoms with E-state index in [1.807, 2.05) is 12.5 Å². The Hall–Kier alpha value is -1.40. The molecule has 2 atom stereocenters. The summed E-state index contributed by atoms with van der Waals surface area (Å²) < 4.78 is 7.54. The molecule has 1 fully saturated rings. The van der Waals surface area contributed by atoms with E-state index in [1.165, 1.54) is 0 Å². The first kappa shape index (κ1) is 16.0. The normalized spacial score (nSPS) is 22.3. The van der Waals surface area contributed by atoms with Gasteiger partial charge in [-0.3, -0.25) is 9.69 Å². The van der Waals surface area contributed by atoms with Crippen molar-refractivity contribution >= 4 is 5.97 Å². The van der Waals surface area contributed by atoms with Gasteiger partial charge in [-0.25, -0.2) is 4.98 Å². The van der Waals surface area contributed by atoms with E-state index in [0.29, 0.717) is 25.8 Å². The molecule has 1 N–H and O–H groups in total. The molecule has 0 amide bonds. The van der Waals surface area contributed by atoms with Crippen LogP contribution in [0.15, 0.2) is 12.5 Å². The number of hydrogen-bond acceptors (Lipinski definition) is 4. The molecule has 0 aromatic carbocycles. The van der Waals surface area contributed by atoms with E-state index in [9.17, 15) is 9.90 Å². The van der Waals surface area contributed by atoms with E-state index in [1.54, 1.807) is 0 Å². The number of nitrogens with zero attached hydrogens (tertiary/aromatic N) is 3. The lowest BCUT2D eigenvalue weighted by Gasteiger charge is -2.30. The molecule has 118 valence electrons. The van der Waals surface area contributed by atoms with Gasteiger partial charge in [0.05, 0.1) is 31.2 Å². The summed E-state index contributed by atoms with van der Waals surface area (Å²) in [4.78, 5) is 17.8. The van der Waals surface area contributed by atoms with Crippen molar-refractivity contribution in [1.82, 2.24) is 14.5 Å². The van der Waals surface area contributed by atoms with Gasteiger partial charge in [-0.2, -0.15) is 0 Å². The quantitative estimate of drug-likeness (QED) is 0.830. The summed E-state index contributed by atoms with van der Waals surface area (Å²) in [7, 11) is 0. The minimum absolute atomic E-state index is 0.0574. The minimum atomic E-state index is -0.768. The molecule has 0 saturated carbocycles. The maximum Gasteiger partial charge on any atom is 0.310 e. The molecule has 2 rings (SSSR count). The molecule has 1 aromatic rings. The van der Waals surface area contributed by atoms with E-state index in [2.05, 4.69) is 35.2 Å². The van der Waals surface area contributed by atoms with Gasteiger partial charge in [0, 0.05) is 24.8 Å². The van der Waals surface area contributed by atoms with E-state index in [0.717, 1.165) is 18.7 Å². The van der Waals surface area contributed by atoms with Crippen LogP contribution in [-0.4, -0.2) is 51.3 Å². The Morgan fingerprint density at radius 1 is 1.57 bits per heavy atom. The zero-order valence-electron chi connectivity index (χ0n) is 13.0. The van der Waals surface area contributed by atoms with Gasteiger partial charge in [-0.15, -0.1) is 0 Å². The molecule has 0 bridgehead atoms. The number of hydrogen-bond donors (Lipinski definition) is 1. The van der Waals surface area contributed by atoms with Gasteiger partial charge in [-0.05, 0) is 26.8 Å². The smallest absolute Gasteiger partial charge is 0.310 e. The third kappa shape index (κ3) is 3.63. The SMILES string of the molecule is CCCN(Cc1cncn1C(C)C)C1COCC1C(=O)O. The van der Waals surface area contributed by atoms with Crippen molar-refractivity contribution < 1.29 is 14.6 Å². The Morgan fingerprint density at radius 2 is 2.33 bits per heavy atom. The number of aliphatic carboxylic acids is 1. The number of carboxylic acid groups (broad SMARTS) is 1. The van der Waals surface area contributed by atoms with Gasteiger partial charge in [0.25, 0.3) is 0 Å². The van der Waals surface area contributed by atoms with Crippen molar-refractivity contribution in [2.24, 2.45) is 5.92 Å². The van der Waals surface area contributed by atoms with Crippen molar-refractivity contribution in [2.45, 2.75) is 45.8 Å². The minimum Gasteiger partial charge on any atom is -0.481 e. The molecular weight excluding hydrogens is 270 g/mol. The van der Waals surface area contributed by atoms with Crippen molar-refractivity contribution in [2.75, 3.05) is 19.8 Å². The second kappa shape index (κ2) is 7.04. The number of ether oxygens (including phenoxy) is 1. The van der Waals surface area contributed by atoms with Gasteiger partial charge in [-0.1, -0.05) is 6.92 Å². The average Bonchev–Trinajstić information content (AvgIpc) is 3.06. The monoisotopic (exact) mass is 295 g/mol. The summed E-state index contributed by atoms with van der Waals surface area (Å²) >= 11 is 0. The summed E-state index contributed by atoms with van der Waals surface area (Å²) in [5.74, 6) is -1.21. The summed E-state index contributed by atoms with van der Waals surface area (Å²) in [6, 6.07) is 0.291. The fraction of sp³-hybridized carbons (Fsp3) is 0.733. The van der Waals surface area contributed by atoms with E-state index in [-0.39, 0.29) is 6.04 Å². The van der Waals surface area contributed by atoms with Gasteiger partial charge < -0.3 is 14.4 Å². The van der Waals surface area contributed by atoms with Crippen LogP contribution < -0.4 is 0 Å². The Balaban J connectivity index is 2.15. The second-order valence-electron chi connectivity index (χ2n) is 5.91. The number of aromatic nitrogens is 2. The highest BCUT2D eigenvalue weighted by atomic mass is 16.5. The van der Waals surface area contributed by atoms with E-state index in [4.69, 9.17) is 4.74 Å². The molecule has 6 heteroatoms. The van der Waals surface area contributed by atoms with Crippen molar-refractivity contribution in [3.63, 3.8) is 0 Å². The van der Waals surface area contributed by atoms with Crippen LogP contribution in [0.4, 0.5) is 0 Å². The van der Waals surface area contributed by atoms with Crippen LogP contribution in [0.2, 0.25) is 0 Å². The number of carbonyl (C=O) groups is 1. The topological polar surface area (TPSA) is 67.6 Å². The summed E-state index contributed by atoms with van der Waals surface area (Å²) in [5, 5.41) is 9.35. The lowest BCUT2D eigenvalue weighted by atomic mass is 10.0. The highest BCUT2D eigenvalue weighted by molar-refractivity contribution is 5.71. The van der Waals surface area contributed by atoms with Crippen LogP contribution >= 0.6 is 0 Å². The van der Waals surface area contributed by atoms with Gasteiger partial charge in [0.1, 0.15) is 0 Å². The van der Waals surface area contributed by atoms with Gasteiger partial charge >= 0.3 is 5.97 Å². The van der Waals surface area contributed by atoms with Crippen LogP contribution in [0.5, 0.6) is 0 Å². The van der Waals surface area contributed by atoms with Crippen LogP contribution in [0.25, 0.3) is 0 Å². The zero-order chi connectivity index (χ0) is 15.4. The molecule has 6 nitrogen and oxygen atoms in total. The van der Waals surface area contributed by atoms with Gasteiger partial charge in [0.15, 0.2) is 0 Å². The number of carboxylic acids is 1. The predicted molar refractivity (Wildman–Crippen MR) is 79.0 cm³/mol.